The molecule has 5 heteroatoms. The molecule has 1 heterocycles. The molecular weight excluding hydrogens is 252 g/mol. The average Bonchev–Trinajstić information content (AvgIpc) is 2.37. The van der Waals surface area contributed by atoms with Crippen molar-refractivity contribution in [2.45, 2.75) is 19.9 Å². The van der Waals surface area contributed by atoms with Crippen molar-refractivity contribution in [2.24, 2.45) is 5.92 Å². The Balaban J connectivity index is 2.74. The molecule has 0 saturated carbocycles. The molecule has 0 aliphatic carbocycles. The van der Waals surface area contributed by atoms with Crippen molar-refractivity contribution in [3.63, 3.8) is 0 Å². The zero-order valence-electron chi connectivity index (χ0n) is 13.3. The highest BCUT2D eigenvalue weighted by Crippen LogP contribution is 2.11. The molecule has 1 N–H and O–H groups in total. The predicted molar refractivity (Wildman–Crippen MR) is 83.1 cm³/mol. The lowest BCUT2D eigenvalue weighted by atomic mass is 10.0. The van der Waals surface area contributed by atoms with Crippen LogP contribution in [0.2, 0.25) is 0 Å². The van der Waals surface area contributed by atoms with E-state index in [1.54, 1.807) is 20.2 Å². The number of aromatic nitrogens is 1. The molecule has 0 aliphatic heterocycles. The third kappa shape index (κ3) is 4.49. The molecule has 20 heavy (non-hydrogen) atoms. The van der Waals surface area contributed by atoms with Crippen molar-refractivity contribution in [1.82, 2.24) is 14.8 Å². The van der Waals surface area contributed by atoms with Crippen LogP contribution in [0.25, 0.3) is 0 Å². The third-order valence-electron chi connectivity index (χ3n) is 3.30. The molecule has 1 rings (SSSR count). The van der Waals surface area contributed by atoms with Crippen LogP contribution in [0.15, 0.2) is 18.2 Å². The summed E-state index contributed by atoms with van der Waals surface area (Å²) in [6.45, 7) is 5.20. The number of anilines is 1. The molecule has 0 radical (unpaired) electrons. The van der Waals surface area contributed by atoms with Crippen molar-refractivity contribution in [3.05, 3.63) is 23.9 Å². The number of amides is 1. The second kappa shape index (κ2) is 7.24. The van der Waals surface area contributed by atoms with Gasteiger partial charge in [0.05, 0.1) is 0 Å². The van der Waals surface area contributed by atoms with Gasteiger partial charge in [-0.3, -0.25) is 4.79 Å². The second-order valence-corrected chi connectivity index (χ2v) is 5.76. The van der Waals surface area contributed by atoms with Crippen molar-refractivity contribution < 1.29 is 4.79 Å². The monoisotopic (exact) mass is 278 g/mol. The summed E-state index contributed by atoms with van der Waals surface area (Å²) in [5.41, 5.74) is 0.464. The predicted octanol–water partition coefficient (Wildman–Crippen LogP) is 1.78. The number of pyridine rings is 1. The molecular formula is C15H26N4O. The normalized spacial score (nSPS) is 12.6. The van der Waals surface area contributed by atoms with Crippen LogP contribution < -0.4 is 5.32 Å². The largest absolute Gasteiger partial charge is 0.368 e. The summed E-state index contributed by atoms with van der Waals surface area (Å²) in [6.07, 6.45) is 0. The molecule has 0 fully saturated rings. The fraction of sp³-hybridized carbons (Fsp3) is 0.600. The van der Waals surface area contributed by atoms with Gasteiger partial charge in [0.25, 0.3) is 5.91 Å². The molecule has 1 aromatic heterocycles. The number of likely N-dealkylation sites (N-methyl/N-ethyl adjacent to an activating group) is 1. The van der Waals surface area contributed by atoms with Gasteiger partial charge in [-0.1, -0.05) is 19.9 Å². The summed E-state index contributed by atoms with van der Waals surface area (Å²) in [5.74, 6) is 1.20. The molecule has 1 amide bonds. The molecule has 5 nitrogen and oxygen atoms in total. The van der Waals surface area contributed by atoms with Gasteiger partial charge in [0, 0.05) is 26.7 Å². The Morgan fingerprint density at radius 3 is 2.40 bits per heavy atom. The Labute approximate surface area is 122 Å². The molecule has 1 atom stereocenters. The van der Waals surface area contributed by atoms with Crippen LogP contribution in [-0.4, -0.2) is 61.5 Å². The third-order valence-corrected chi connectivity index (χ3v) is 3.30. The Bertz CT molecular complexity index is 435. The maximum absolute atomic E-state index is 11.9. The quantitative estimate of drug-likeness (QED) is 0.862. The minimum atomic E-state index is -0.0818. The SMILES string of the molecule is CC(C)C(CNc1cccc(C(=O)N(C)C)n1)N(C)C. The maximum Gasteiger partial charge on any atom is 0.272 e. The first-order valence-electron chi connectivity index (χ1n) is 6.92. The maximum atomic E-state index is 11.9. The van der Waals surface area contributed by atoms with Crippen LogP contribution in [0.5, 0.6) is 0 Å². The van der Waals surface area contributed by atoms with Crippen molar-refractivity contribution in [1.29, 1.82) is 0 Å². The van der Waals surface area contributed by atoms with Crippen molar-refractivity contribution >= 4 is 11.7 Å². The smallest absolute Gasteiger partial charge is 0.272 e. The van der Waals surface area contributed by atoms with E-state index in [0.29, 0.717) is 17.7 Å². The van der Waals surface area contributed by atoms with E-state index in [4.69, 9.17) is 0 Å². The molecule has 1 aromatic rings. The van der Waals surface area contributed by atoms with Crippen LogP contribution in [-0.2, 0) is 0 Å². The molecule has 0 aromatic carbocycles. The van der Waals surface area contributed by atoms with Gasteiger partial charge in [-0.15, -0.1) is 0 Å². The van der Waals surface area contributed by atoms with E-state index in [2.05, 4.69) is 43.1 Å². The van der Waals surface area contributed by atoms with Gasteiger partial charge in [-0.2, -0.15) is 0 Å². The molecule has 0 bridgehead atoms. The van der Waals surface area contributed by atoms with Crippen LogP contribution in [0.1, 0.15) is 24.3 Å². The molecule has 0 aliphatic rings. The molecule has 0 spiro atoms. The first-order chi connectivity index (χ1) is 9.32. The fourth-order valence-corrected chi connectivity index (χ4v) is 2.11. The Morgan fingerprint density at radius 1 is 1.25 bits per heavy atom. The van der Waals surface area contributed by atoms with Crippen LogP contribution >= 0.6 is 0 Å². The topological polar surface area (TPSA) is 48.5 Å². The summed E-state index contributed by atoms with van der Waals surface area (Å²) >= 11 is 0. The van der Waals surface area contributed by atoms with Crippen molar-refractivity contribution in [3.8, 4) is 0 Å². The van der Waals surface area contributed by atoms with Gasteiger partial charge in [0.2, 0.25) is 0 Å². The van der Waals surface area contributed by atoms with Gasteiger partial charge in [-0.05, 0) is 32.1 Å². The van der Waals surface area contributed by atoms with Gasteiger partial charge < -0.3 is 15.1 Å². The molecule has 1 unspecified atom stereocenters. The van der Waals surface area contributed by atoms with Crippen LogP contribution in [0.4, 0.5) is 5.82 Å². The first-order valence-corrected chi connectivity index (χ1v) is 6.92. The Morgan fingerprint density at radius 2 is 1.90 bits per heavy atom. The van der Waals surface area contributed by atoms with Crippen LogP contribution in [0.3, 0.4) is 0 Å². The lowest BCUT2D eigenvalue weighted by Gasteiger charge is -2.28. The first kappa shape index (κ1) is 16.4. The van der Waals surface area contributed by atoms with Crippen LogP contribution in [0, 0.1) is 5.92 Å². The van der Waals surface area contributed by atoms with E-state index >= 15 is 0 Å². The minimum absolute atomic E-state index is 0.0818. The lowest BCUT2D eigenvalue weighted by Crippen LogP contribution is -2.38. The summed E-state index contributed by atoms with van der Waals surface area (Å²) in [4.78, 5) is 20.0. The van der Waals surface area contributed by atoms with Gasteiger partial charge in [-0.25, -0.2) is 4.98 Å². The second-order valence-electron chi connectivity index (χ2n) is 5.76. The lowest BCUT2D eigenvalue weighted by molar-refractivity contribution is 0.0822. The van der Waals surface area contributed by atoms with E-state index in [1.165, 1.54) is 4.90 Å². The number of hydrogen-bond donors (Lipinski definition) is 1. The molecule has 0 saturated heterocycles. The Kier molecular flexibility index (Phi) is 5.95. The number of carbonyl (C=O) groups excluding carboxylic acids is 1. The highest BCUT2D eigenvalue weighted by atomic mass is 16.2. The van der Waals surface area contributed by atoms with Gasteiger partial charge in [0.1, 0.15) is 11.5 Å². The summed E-state index contributed by atoms with van der Waals surface area (Å²) in [6, 6.07) is 5.90. The highest BCUT2D eigenvalue weighted by Gasteiger charge is 2.16. The van der Waals surface area contributed by atoms with E-state index in [9.17, 15) is 4.79 Å². The zero-order valence-corrected chi connectivity index (χ0v) is 13.3. The van der Waals surface area contributed by atoms with E-state index in [0.717, 1.165) is 12.4 Å². The molecule has 112 valence electrons. The standard InChI is InChI=1S/C15H26N4O/c1-11(2)13(18(3)4)10-16-14-9-7-8-12(17-14)15(20)19(5)6/h7-9,11,13H,10H2,1-6H3,(H,16,17). The number of hydrogen-bond acceptors (Lipinski definition) is 4. The average molecular weight is 278 g/mol. The number of nitrogens with zero attached hydrogens (tertiary/aromatic N) is 3. The number of carbonyl (C=O) groups is 1. The zero-order chi connectivity index (χ0) is 15.3. The van der Waals surface area contributed by atoms with E-state index < -0.39 is 0 Å². The minimum Gasteiger partial charge on any atom is -0.368 e. The Hall–Kier alpha value is -1.62. The number of rotatable bonds is 6. The van der Waals surface area contributed by atoms with Crippen molar-refractivity contribution in [2.75, 3.05) is 40.1 Å². The van der Waals surface area contributed by atoms with Gasteiger partial charge >= 0.3 is 0 Å². The van der Waals surface area contributed by atoms with E-state index in [1.807, 2.05) is 12.1 Å². The number of nitrogens with one attached hydrogen (secondary N) is 1. The summed E-state index contributed by atoms with van der Waals surface area (Å²) in [7, 11) is 7.60. The van der Waals surface area contributed by atoms with E-state index in [-0.39, 0.29) is 5.91 Å². The summed E-state index contributed by atoms with van der Waals surface area (Å²) in [5, 5.41) is 3.32. The van der Waals surface area contributed by atoms with Gasteiger partial charge in [0.15, 0.2) is 0 Å². The summed E-state index contributed by atoms with van der Waals surface area (Å²) < 4.78 is 0. The fourth-order valence-electron chi connectivity index (χ4n) is 2.11. The highest BCUT2D eigenvalue weighted by molar-refractivity contribution is 5.92.